The molecule has 0 saturated carbocycles. The van der Waals surface area contributed by atoms with E-state index in [-0.39, 0.29) is 30.3 Å². The van der Waals surface area contributed by atoms with Crippen molar-refractivity contribution in [2.45, 2.75) is 18.7 Å². The van der Waals surface area contributed by atoms with Crippen LogP contribution in [0.2, 0.25) is 0 Å². The highest BCUT2D eigenvalue weighted by atomic mass is 19.4. The second kappa shape index (κ2) is 8.42. The molecule has 3 rings (SSSR count). The van der Waals surface area contributed by atoms with Crippen molar-refractivity contribution >= 4 is 11.6 Å². The molecule has 1 aromatic heterocycles. The van der Waals surface area contributed by atoms with E-state index in [0.717, 1.165) is 12.1 Å². The minimum Gasteiger partial charge on any atom is -0.494 e. The third-order valence-corrected chi connectivity index (χ3v) is 4.18. The molecule has 1 aromatic carbocycles. The van der Waals surface area contributed by atoms with Crippen LogP contribution in [0.3, 0.4) is 0 Å². The van der Waals surface area contributed by atoms with Crippen LogP contribution in [-0.4, -0.2) is 53.6 Å². The zero-order chi connectivity index (χ0) is 20.1. The quantitative estimate of drug-likeness (QED) is 0.809. The van der Waals surface area contributed by atoms with Crippen LogP contribution in [0.5, 0.6) is 11.8 Å². The van der Waals surface area contributed by atoms with Gasteiger partial charge in [0, 0.05) is 18.8 Å². The normalized spacial score (nSPS) is 17.4. The van der Waals surface area contributed by atoms with Gasteiger partial charge in [-0.2, -0.15) is 23.1 Å². The fourth-order valence-electron chi connectivity index (χ4n) is 2.83. The maximum atomic E-state index is 12.7. The van der Waals surface area contributed by atoms with E-state index >= 15 is 0 Å². The lowest BCUT2D eigenvalue weighted by Gasteiger charge is -2.16. The van der Waals surface area contributed by atoms with Crippen molar-refractivity contribution in [1.29, 1.82) is 0 Å². The molecule has 1 amide bonds. The number of anilines is 1. The molecule has 28 heavy (non-hydrogen) atoms. The first-order chi connectivity index (χ1) is 13.3. The van der Waals surface area contributed by atoms with Gasteiger partial charge in [0.1, 0.15) is 6.10 Å². The third kappa shape index (κ3) is 5.32. The van der Waals surface area contributed by atoms with E-state index in [4.69, 9.17) is 9.47 Å². The first-order valence-corrected chi connectivity index (χ1v) is 8.55. The Bertz CT molecular complexity index is 814. The van der Waals surface area contributed by atoms with Crippen LogP contribution < -0.4 is 14.8 Å². The Morgan fingerprint density at radius 3 is 2.75 bits per heavy atom. The topological polar surface area (TPSA) is 76.6 Å². The molecular weight excluding hydrogens is 377 g/mol. The number of hydrogen-bond acceptors (Lipinski definition) is 6. The minimum absolute atomic E-state index is 0.0551. The van der Waals surface area contributed by atoms with E-state index in [1.807, 2.05) is 4.90 Å². The zero-order valence-electron chi connectivity index (χ0n) is 15.1. The number of amides is 1. The van der Waals surface area contributed by atoms with Gasteiger partial charge < -0.3 is 14.8 Å². The number of methoxy groups -OCH3 is 1. The number of rotatable bonds is 6. The summed E-state index contributed by atoms with van der Waals surface area (Å²) in [5, 5.41) is 2.50. The summed E-state index contributed by atoms with van der Waals surface area (Å²) in [6.45, 7) is 1.17. The summed E-state index contributed by atoms with van der Waals surface area (Å²) in [5.41, 5.74) is -0.696. The highest BCUT2D eigenvalue weighted by Crippen LogP contribution is 2.30. The summed E-state index contributed by atoms with van der Waals surface area (Å²) >= 11 is 0. The van der Waals surface area contributed by atoms with Gasteiger partial charge in [-0.25, -0.2) is 0 Å². The monoisotopic (exact) mass is 396 g/mol. The molecule has 1 N–H and O–H groups in total. The number of benzene rings is 1. The number of halogens is 3. The Hall–Kier alpha value is -2.88. The minimum atomic E-state index is -4.45. The van der Waals surface area contributed by atoms with Crippen molar-refractivity contribution in [1.82, 2.24) is 14.9 Å². The largest absolute Gasteiger partial charge is 0.494 e. The Balaban J connectivity index is 1.49. The fourth-order valence-corrected chi connectivity index (χ4v) is 2.83. The highest BCUT2D eigenvalue weighted by molar-refractivity contribution is 5.92. The molecule has 0 radical (unpaired) electrons. The average Bonchev–Trinajstić information content (AvgIpc) is 3.08. The summed E-state index contributed by atoms with van der Waals surface area (Å²) < 4.78 is 48.9. The smallest absolute Gasteiger partial charge is 0.416 e. The number of hydrogen-bond donors (Lipinski definition) is 1. The standard InChI is InChI=1S/C18H19F3N4O3/c1-27-15-8-22-17(23-9-15)28-14-5-6-25(10-14)11-16(26)24-13-4-2-3-12(7-13)18(19,20)21/h2-4,7-9,14H,5-6,10-11H2,1H3,(H,24,26). The highest BCUT2D eigenvalue weighted by Gasteiger charge is 2.31. The molecule has 7 nitrogen and oxygen atoms in total. The summed E-state index contributed by atoms with van der Waals surface area (Å²) in [6, 6.07) is 4.77. The number of ether oxygens (including phenoxy) is 2. The van der Waals surface area contributed by atoms with Crippen LogP contribution in [-0.2, 0) is 11.0 Å². The summed E-state index contributed by atoms with van der Waals surface area (Å²) in [5.74, 6) is 0.132. The molecule has 1 aliphatic heterocycles. The number of carbonyl (C=O) groups excluding carboxylic acids is 1. The van der Waals surface area contributed by atoms with Crippen molar-refractivity contribution in [2.75, 3.05) is 32.1 Å². The molecule has 0 bridgehead atoms. The maximum Gasteiger partial charge on any atom is 0.416 e. The lowest BCUT2D eigenvalue weighted by atomic mass is 10.2. The summed E-state index contributed by atoms with van der Waals surface area (Å²) in [4.78, 5) is 22.1. The molecular formula is C18H19F3N4O3. The zero-order valence-corrected chi connectivity index (χ0v) is 15.1. The van der Waals surface area contributed by atoms with Crippen LogP contribution in [0, 0.1) is 0 Å². The number of nitrogens with one attached hydrogen (secondary N) is 1. The van der Waals surface area contributed by atoms with Gasteiger partial charge in [-0.15, -0.1) is 0 Å². The fraction of sp³-hybridized carbons (Fsp3) is 0.389. The number of carbonyl (C=O) groups is 1. The van der Waals surface area contributed by atoms with Gasteiger partial charge in [0.2, 0.25) is 5.91 Å². The van der Waals surface area contributed by atoms with Crippen LogP contribution in [0.4, 0.5) is 18.9 Å². The maximum absolute atomic E-state index is 12.7. The lowest BCUT2D eigenvalue weighted by molar-refractivity contribution is -0.137. The van der Waals surface area contributed by atoms with Gasteiger partial charge in [-0.05, 0) is 24.6 Å². The number of likely N-dealkylation sites (tertiary alicyclic amines) is 1. The van der Waals surface area contributed by atoms with Gasteiger partial charge in [0.05, 0.1) is 31.6 Å². The van der Waals surface area contributed by atoms with Crippen molar-refractivity contribution in [3.05, 3.63) is 42.2 Å². The van der Waals surface area contributed by atoms with Crippen molar-refractivity contribution < 1.29 is 27.4 Å². The Morgan fingerprint density at radius 2 is 2.07 bits per heavy atom. The Morgan fingerprint density at radius 1 is 1.32 bits per heavy atom. The van der Waals surface area contributed by atoms with E-state index in [1.165, 1.54) is 31.6 Å². The molecule has 2 heterocycles. The number of nitrogens with zero attached hydrogens (tertiary/aromatic N) is 3. The Labute approximate surface area is 159 Å². The molecule has 10 heteroatoms. The van der Waals surface area contributed by atoms with E-state index < -0.39 is 11.7 Å². The van der Waals surface area contributed by atoms with Crippen LogP contribution >= 0.6 is 0 Å². The average molecular weight is 396 g/mol. The van der Waals surface area contributed by atoms with E-state index in [2.05, 4.69) is 15.3 Å². The first-order valence-electron chi connectivity index (χ1n) is 8.55. The van der Waals surface area contributed by atoms with Gasteiger partial charge in [0.25, 0.3) is 0 Å². The van der Waals surface area contributed by atoms with E-state index in [0.29, 0.717) is 25.3 Å². The lowest BCUT2D eigenvalue weighted by Crippen LogP contribution is -2.33. The van der Waals surface area contributed by atoms with Gasteiger partial charge in [-0.3, -0.25) is 9.69 Å². The third-order valence-electron chi connectivity index (χ3n) is 4.18. The predicted octanol–water partition coefficient (Wildman–Crippen LogP) is 2.60. The first kappa shape index (κ1) is 19.9. The molecule has 0 aliphatic carbocycles. The van der Waals surface area contributed by atoms with Gasteiger partial charge in [-0.1, -0.05) is 6.07 Å². The van der Waals surface area contributed by atoms with Crippen molar-refractivity contribution in [3.8, 4) is 11.8 Å². The molecule has 0 spiro atoms. The number of aromatic nitrogens is 2. The van der Waals surface area contributed by atoms with Crippen molar-refractivity contribution in [3.63, 3.8) is 0 Å². The molecule has 1 aliphatic rings. The Kier molecular flexibility index (Phi) is 5.98. The predicted molar refractivity (Wildman–Crippen MR) is 94.1 cm³/mol. The summed E-state index contributed by atoms with van der Waals surface area (Å²) in [7, 11) is 1.51. The van der Waals surface area contributed by atoms with Crippen LogP contribution in [0.25, 0.3) is 0 Å². The number of alkyl halides is 3. The molecule has 2 aromatic rings. The second-order valence-electron chi connectivity index (χ2n) is 6.30. The van der Waals surface area contributed by atoms with Gasteiger partial charge >= 0.3 is 12.2 Å². The van der Waals surface area contributed by atoms with Gasteiger partial charge in [0.15, 0.2) is 5.75 Å². The van der Waals surface area contributed by atoms with Crippen LogP contribution in [0.1, 0.15) is 12.0 Å². The van der Waals surface area contributed by atoms with Crippen LogP contribution in [0.15, 0.2) is 36.7 Å². The van der Waals surface area contributed by atoms with Crippen molar-refractivity contribution in [2.24, 2.45) is 0 Å². The molecule has 1 saturated heterocycles. The molecule has 1 unspecified atom stereocenters. The molecule has 1 fully saturated rings. The summed E-state index contributed by atoms with van der Waals surface area (Å²) in [6.07, 6.45) is -0.944. The van der Waals surface area contributed by atoms with E-state index in [9.17, 15) is 18.0 Å². The molecule has 1 atom stereocenters. The second-order valence-corrected chi connectivity index (χ2v) is 6.30. The molecule has 150 valence electrons. The van der Waals surface area contributed by atoms with E-state index in [1.54, 1.807) is 0 Å². The SMILES string of the molecule is COc1cnc(OC2CCN(CC(=O)Nc3cccc(C(F)(F)F)c3)C2)nc1.